The largest absolute Gasteiger partial charge is 0.316 e. The molecule has 1 aromatic heterocycles. The maximum Gasteiger partial charge on any atom is 0.155 e. The van der Waals surface area contributed by atoms with Crippen molar-refractivity contribution >= 4 is 33.3 Å². The first-order valence-corrected chi connectivity index (χ1v) is 8.17. The maximum atomic E-state index is 4.68. The lowest BCUT2D eigenvalue weighted by atomic mass is 10.1. The Morgan fingerprint density at radius 1 is 1.20 bits per heavy atom. The van der Waals surface area contributed by atoms with E-state index in [2.05, 4.69) is 53.6 Å². The van der Waals surface area contributed by atoms with Crippen molar-refractivity contribution in [3.63, 3.8) is 0 Å². The van der Waals surface area contributed by atoms with E-state index in [1.807, 2.05) is 13.1 Å². The lowest BCUT2D eigenvalue weighted by molar-refractivity contribution is 0.815. The quantitative estimate of drug-likeness (QED) is 0.769. The Bertz CT molecular complexity index is 701. The first-order chi connectivity index (χ1) is 9.76. The van der Waals surface area contributed by atoms with E-state index in [1.54, 1.807) is 23.1 Å². The van der Waals surface area contributed by atoms with Gasteiger partial charge in [-0.1, -0.05) is 36.0 Å². The van der Waals surface area contributed by atoms with Gasteiger partial charge in [0.25, 0.3) is 0 Å². The molecule has 3 aromatic rings. The second kappa shape index (κ2) is 5.95. The number of fused-ring (bicyclic) bond motifs is 1. The summed E-state index contributed by atoms with van der Waals surface area (Å²) in [6.45, 7) is 3.07. The minimum Gasteiger partial charge on any atom is -0.316 e. The average Bonchev–Trinajstić information content (AvgIpc) is 2.84. The maximum absolute atomic E-state index is 4.68. The van der Waals surface area contributed by atoms with Crippen molar-refractivity contribution in [2.24, 2.45) is 0 Å². The summed E-state index contributed by atoms with van der Waals surface area (Å²) >= 11 is 3.51. The van der Waals surface area contributed by atoms with E-state index in [0.717, 1.165) is 16.4 Å². The highest BCUT2D eigenvalue weighted by atomic mass is 32.2. The Kier molecular flexibility index (Phi) is 4.05. The van der Waals surface area contributed by atoms with Gasteiger partial charge in [-0.25, -0.2) is 4.98 Å². The summed E-state index contributed by atoms with van der Waals surface area (Å²) in [5, 5.41) is 3.18. The molecule has 0 radical (unpaired) electrons. The Labute approximate surface area is 127 Å². The first-order valence-electron chi connectivity index (χ1n) is 6.54. The highest BCUT2D eigenvalue weighted by molar-refractivity contribution is 8.01. The zero-order valence-electron chi connectivity index (χ0n) is 11.5. The van der Waals surface area contributed by atoms with E-state index < -0.39 is 0 Å². The van der Waals surface area contributed by atoms with E-state index >= 15 is 0 Å². The molecule has 0 fully saturated rings. The number of aromatic nitrogens is 1. The molecule has 0 unspecified atom stereocenters. The van der Waals surface area contributed by atoms with Gasteiger partial charge in [-0.05, 0) is 43.3 Å². The number of nitrogens with one attached hydrogen (secondary N) is 1. The number of hydrogen-bond acceptors (Lipinski definition) is 4. The number of aryl methyl sites for hydroxylation is 1. The van der Waals surface area contributed by atoms with Gasteiger partial charge in [-0.3, -0.25) is 0 Å². The molecular formula is C16H16N2S2. The molecule has 0 amide bonds. The standard InChI is InChI=1S/C16H16N2S2/c1-11-9-12(10-17-2)7-8-14(11)19-16-18-13-5-3-4-6-15(13)20-16/h3-9,17H,10H2,1-2H3. The highest BCUT2D eigenvalue weighted by Crippen LogP contribution is 2.35. The molecule has 0 aliphatic rings. The summed E-state index contributed by atoms with van der Waals surface area (Å²) in [7, 11) is 1.97. The van der Waals surface area contributed by atoms with Crippen molar-refractivity contribution in [3.05, 3.63) is 53.6 Å². The van der Waals surface area contributed by atoms with Crippen molar-refractivity contribution in [2.75, 3.05) is 7.05 Å². The molecule has 0 saturated carbocycles. The topological polar surface area (TPSA) is 24.9 Å². The molecule has 1 heterocycles. The summed E-state index contributed by atoms with van der Waals surface area (Å²) in [4.78, 5) is 5.96. The Morgan fingerprint density at radius 2 is 2.05 bits per heavy atom. The van der Waals surface area contributed by atoms with Crippen LogP contribution in [0.1, 0.15) is 11.1 Å². The normalized spacial score (nSPS) is 11.1. The van der Waals surface area contributed by atoms with Gasteiger partial charge in [0.1, 0.15) is 0 Å². The Morgan fingerprint density at radius 3 is 2.80 bits per heavy atom. The molecule has 0 spiro atoms. The minimum atomic E-state index is 0.910. The number of benzene rings is 2. The van der Waals surface area contributed by atoms with Crippen molar-refractivity contribution < 1.29 is 0 Å². The molecule has 0 aliphatic heterocycles. The predicted octanol–water partition coefficient (Wildman–Crippen LogP) is 4.48. The van der Waals surface area contributed by atoms with Crippen molar-refractivity contribution in [3.8, 4) is 0 Å². The lowest BCUT2D eigenvalue weighted by Crippen LogP contribution is -2.04. The van der Waals surface area contributed by atoms with Crippen LogP contribution >= 0.6 is 23.1 Å². The fourth-order valence-electron chi connectivity index (χ4n) is 2.13. The van der Waals surface area contributed by atoms with Crippen molar-refractivity contribution in [1.29, 1.82) is 0 Å². The van der Waals surface area contributed by atoms with Crippen LogP contribution in [0.2, 0.25) is 0 Å². The lowest BCUT2D eigenvalue weighted by Gasteiger charge is -2.06. The number of thiazole rings is 1. The molecule has 1 N–H and O–H groups in total. The number of hydrogen-bond donors (Lipinski definition) is 1. The zero-order chi connectivity index (χ0) is 13.9. The zero-order valence-corrected chi connectivity index (χ0v) is 13.1. The van der Waals surface area contributed by atoms with E-state index in [4.69, 9.17) is 0 Å². The molecular weight excluding hydrogens is 284 g/mol. The van der Waals surface area contributed by atoms with E-state index in [0.29, 0.717) is 0 Å². The second-order valence-electron chi connectivity index (χ2n) is 4.68. The Hall–Kier alpha value is -1.36. The van der Waals surface area contributed by atoms with E-state index in [1.165, 1.54) is 20.7 Å². The molecule has 0 saturated heterocycles. The van der Waals surface area contributed by atoms with Crippen LogP contribution in [0.15, 0.2) is 51.7 Å². The van der Waals surface area contributed by atoms with Crippen LogP contribution < -0.4 is 5.32 Å². The number of rotatable bonds is 4. The molecule has 3 rings (SSSR count). The molecule has 102 valence electrons. The van der Waals surface area contributed by atoms with Crippen LogP contribution in [0, 0.1) is 6.92 Å². The van der Waals surface area contributed by atoms with Gasteiger partial charge in [0.15, 0.2) is 4.34 Å². The fraction of sp³-hybridized carbons (Fsp3) is 0.188. The SMILES string of the molecule is CNCc1ccc(Sc2nc3ccccc3s2)c(C)c1. The summed E-state index contributed by atoms with van der Waals surface area (Å²) in [5.74, 6) is 0. The number of nitrogens with zero attached hydrogens (tertiary/aromatic N) is 1. The molecule has 20 heavy (non-hydrogen) atoms. The van der Waals surface area contributed by atoms with Crippen LogP contribution in [-0.2, 0) is 6.54 Å². The minimum absolute atomic E-state index is 0.910. The van der Waals surface area contributed by atoms with Gasteiger partial charge in [-0.15, -0.1) is 11.3 Å². The second-order valence-corrected chi connectivity index (χ2v) is 7.00. The van der Waals surface area contributed by atoms with E-state index in [-0.39, 0.29) is 0 Å². The molecule has 2 aromatic carbocycles. The van der Waals surface area contributed by atoms with Crippen LogP contribution in [-0.4, -0.2) is 12.0 Å². The van der Waals surface area contributed by atoms with Gasteiger partial charge < -0.3 is 5.32 Å². The third-order valence-electron chi connectivity index (χ3n) is 3.09. The summed E-state index contributed by atoms with van der Waals surface area (Å²) in [6.07, 6.45) is 0. The van der Waals surface area contributed by atoms with Gasteiger partial charge in [0.05, 0.1) is 10.2 Å². The molecule has 4 heteroatoms. The molecule has 0 bridgehead atoms. The monoisotopic (exact) mass is 300 g/mol. The van der Waals surface area contributed by atoms with Gasteiger partial charge in [0, 0.05) is 11.4 Å². The molecule has 0 atom stereocenters. The smallest absolute Gasteiger partial charge is 0.155 e. The van der Waals surface area contributed by atoms with Gasteiger partial charge in [-0.2, -0.15) is 0 Å². The van der Waals surface area contributed by atoms with Crippen LogP contribution in [0.25, 0.3) is 10.2 Å². The molecule has 2 nitrogen and oxygen atoms in total. The molecule has 0 aliphatic carbocycles. The van der Waals surface area contributed by atoms with Crippen molar-refractivity contribution in [1.82, 2.24) is 10.3 Å². The van der Waals surface area contributed by atoms with Crippen LogP contribution in [0.4, 0.5) is 0 Å². The fourth-order valence-corrected chi connectivity index (χ4v) is 4.22. The highest BCUT2D eigenvalue weighted by Gasteiger charge is 2.07. The Balaban J connectivity index is 1.86. The summed E-state index contributed by atoms with van der Waals surface area (Å²) in [5.41, 5.74) is 3.71. The van der Waals surface area contributed by atoms with Crippen LogP contribution in [0.5, 0.6) is 0 Å². The van der Waals surface area contributed by atoms with Gasteiger partial charge >= 0.3 is 0 Å². The third kappa shape index (κ3) is 2.87. The third-order valence-corrected chi connectivity index (χ3v) is 5.37. The van der Waals surface area contributed by atoms with E-state index in [9.17, 15) is 0 Å². The number of para-hydroxylation sites is 1. The first kappa shape index (κ1) is 13.6. The predicted molar refractivity (Wildman–Crippen MR) is 87.7 cm³/mol. The summed E-state index contributed by atoms with van der Waals surface area (Å²) in [6, 6.07) is 14.9. The average molecular weight is 300 g/mol. The van der Waals surface area contributed by atoms with Gasteiger partial charge in [0.2, 0.25) is 0 Å². The summed E-state index contributed by atoms with van der Waals surface area (Å²) < 4.78 is 2.36. The van der Waals surface area contributed by atoms with Crippen LogP contribution in [0.3, 0.4) is 0 Å². The van der Waals surface area contributed by atoms with Crippen molar-refractivity contribution in [2.45, 2.75) is 22.7 Å².